The van der Waals surface area contributed by atoms with Gasteiger partial charge in [0.2, 0.25) is 5.78 Å². The molecule has 0 N–H and O–H groups in total. The quantitative estimate of drug-likeness (QED) is 0.268. The number of carbonyl (C=O) groups is 3. The molecule has 0 saturated carbocycles. The summed E-state index contributed by atoms with van der Waals surface area (Å²) in [5.74, 6) is -1.80. The van der Waals surface area contributed by atoms with E-state index in [9.17, 15) is 14.4 Å². The molecule has 0 amide bonds. The number of esters is 2. The van der Waals surface area contributed by atoms with Gasteiger partial charge in [-0.05, 0) is 12.8 Å². The number of unbranched alkanes of at least 4 members (excludes halogenated alkanes) is 1. The normalized spacial score (nSPS) is 9.31. The van der Waals surface area contributed by atoms with Crippen molar-refractivity contribution in [3.05, 3.63) is 12.7 Å². The predicted octanol–water partition coefficient (Wildman–Crippen LogP) is 1.02. The van der Waals surface area contributed by atoms with Crippen molar-refractivity contribution in [2.75, 3.05) is 13.2 Å². The van der Waals surface area contributed by atoms with Crippen LogP contribution in [-0.2, 0) is 23.9 Å². The lowest BCUT2D eigenvalue weighted by Gasteiger charge is -2.03. The van der Waals surface area contributed by atoms with E-state index in [2.05, 4.69) is 11.3 Å². The van der Waals surface area contributed by atoms with Gasteiger partial charge in [-0.2, -0.15) is 0 Å². The summed E-state index contributed by atoms with van der Waals surface area (Å²) in [5, 5.41) is 0. The molecule has 5 heteroatoms. The Bertz CT molecular complexity index is 270. The molecule has 0 aromatic carbocycles. The van der Waals surface area contributed by atoms with Gasteiger partial charge in [-0.15, -0.1) is 0 Å². The highest BCUT2D eigenvalue weighted by molar-refractivity contribution is 6.33. The summed E-state index contributed by atoms with van der Waals surface area (Å²) in [4.78, 5) is 32.3. The Morgan fingerprint density at radius 2 is 1.69 bits per heavy atom. The number of carbonyl (C=O) groups excluding carboxylic acids is 3. The van der Waals surface area contributed by atoms with Crippen LogP contribution in [0.3, 0.4) is 0 Å². The van der Waals surface area contributed by atoms with E-state index in [1.165, 1.54) is 0 Å². The molecule has 0 aliphatic rings. The molecule has 0 heterocycles. The van der Waals surface area contributed by atoms with Gasteiger partial charge in [0.1, 0.15) is 0 Å². The van der Waals surface area contributed by atoms with Crippen LogP contribution in [-0.4, -0.2) is 30.9 Å². The minimum Gasteiger partial charge on any atom is -0.463 e. The lowest BCUT2D eigenvalue weighted by Crippen LogP contribution is -2.17. The average Bonchev–Trinajstić information content (AvgIpc) is 2.31. The van der Waals surface area contributed by atoms with Crippen molar-refractivity contribution < 1.29 is 23.9 Å². The average molecular weight is 228 g/mol. The zero-order valence-electron chi connectivity index (χ0n) is 9.36. The van der Waals surface area contributed by atoms with Gasteiger partial charge in [-0.1, -0.05) is 13.5 Å². The zero-order valence-corrected chi connectivity index (χ0v) is 9.36. The molecular weight excluding hydrogens is 212 g/mol. The van der Waals surface area contributed by atoms with E-state index in [4.69, 9.17) is 4.74 Å². The van der Waals surface area contributed by atoms with Gasteiger partial charge in [0, 0.05) is 12.5 Å². The van der Waals surface area contributed by atoms with Crippen molar-refractivity contribution in [1.29, 1.82) is 0 Å². The highest BCUT2D eigenvalue weighted by Gasteiger charge is 2.11. The highest BCUT2D eigenvalue weighted by atomic mass is 16.5. The highest BCUT2D eigenvalue weighted by Crippen LogP contribution is 1.94. The predicted molar refractivity (Wildman–Crippen MR) is 56.6 cm³/mol. The van der Waals surface area contributed by atoms with Crippen LogP contribution in [0.5, 0.6) is 0 Å². The molecule has 0 atom stereocenters. The maximum Gasteiger partial charge on any atom is 0.374 e. The van der Waals surface area contributed by atoms with Crippen molar-refractivity contribution in [1.82, 2.24) is 0 Å². The first-order valence-electron chi connectivity index (χ1n) is 5.11. The molecule has 90 valence electrons. The third kappa shape index (κ3) is 6.75. The summed E-state index contributed by atoms with van der Waals surface area (Å²) in [7, 11) is 0. The first-order chi connectivity index (χ1) is 7.61. The van der Waals surface area contributed by atoms with Gasteiger partial charge in [-0.3, -0.25) is 4.79 Å². The van der Waals surface area contributed by atoms with Gasteiger partial charge in [-0.25, -0.2) is 9.59 Å². The Morgan fingerprint density at radius 3 is 2.19 bits per heavy atom. The van der Waals surface area contributed by atoms with Crippen LogP contribution in [0.15, 0.2) is 12.7 Å². The van der Waals surface area contributed by atoms with Crippen LogP contribution in [0.2, 0.25) is 0 Å². The molecular formula is C11H16O5. The van der Waals surface area contributed by atoms with Crippen LogP contribution < -0.4 is 0 Å². The summed E-state index contributed by atoms with van der Waals surface area (Å²) < 4.78 is 9.38. The third-order valence-corrected chi connectivity index (χ3v) is 1.73. The topological polar surface area (TPSA) is 69.7 Å². The first-order valence-corrected chi connectivity index (χ1v) is 5.11. The van der Waals surface area contributed by atoms with E-state index in [1.807, 2.05) is 0 Å². The number of ketones is 1. The molecule has 0 radical (unpaired) electrons. The van der Waals surface area contributed by atoms with Gasteiger partial charge in [0.05, 0.1) is 13.2 Å². The summed E-state index contributed by atoms with van der Waals surface area (Å²) >= 11 is 0. The van der Waals surface area contributed by atoms with Gasteiger partial charge in [0.25, 0.3) is 0 Å². The Labute approximate surface area is 94.4 Å². The van der Waals surface area contributed by atoms with E-state index >= 15 is 0 Å². The maximum atomic E-state index is 10.9. The van der Waals surface area contributed by atoms with Crippen molar-refractivity contribution >= 4 is 17.7 Å². The largest absolute Gasteiger partial charge is 0.463 e. The molecule has 0 aromatic heterocycles. The molecule has 0 rings (SSSR count). The summed E-state index contributed by atoms with van der Waals surface area (Å²) in [6, 6.07) is 0. The van der Waals surface area contributed by atoms with E-state index < -0.39 is 17.7 Å². The Morgan fingerprint density at radius 1 is 1.12 bits per heavy atom. The summed E-state index contributed by atoms with van der Waals surface area (Å²) in [5.41, 5.74) is 0. The van der Waals surface area contributed by atoms with E-state index in [-0.39, 0.29) is 19.6 Å². The molecule has 0 bridgehead atoms. The van der Waals surface area contributed by atoms with Gasteiger partial charge < -0.3 is 9.47 Å². The molecule has 0 aliphatic carbocycles. The molecule has 5 nitrogen and oxygen atoms in total. The Kier molecular flexibility index (Phi) is 7.75. The fourth-order valence-electron chi connectivity index (χ4n) is 0.826. The standard InChI is InChI=1S/C11H16O5/c1-3-9(12)11(14)16-8-6-5-7-15-10(13)4-2/h4H,2-3,5-8H2,1H3. The molecule has 0 aromatic rings. The smallest absolute Gasteiger partial charge is 0.374 e. The second-order valence-corrected chi connectivity index (χ2v) is 2.99. The van der Waals surface area contributed by atoms with Crippen molar-refractivity contribution in [3.63, 3.8) is 0 Å². The van der Waals surface area contributed by atoms with E-state index in [0.717, 1.165) is 6.08 Å². The Hall–Kier alpha value is -1.65. The summed E-state index contributed by atoms with van der Waals surface area (Å²) in [6.07, 6.45) is 2.36. The molecule has 0 saturated heterocycles. The van der Waals surface area contributed by atoms with Crippen LogP contribution in [0.25, 0.3) is 0 Å². The second kappa shape index (κ2) is 8.64. The molecule has 0 fully saturated rings. The minimum atomic E-state index is -0.800. The number of ether oxygens (including phenoxy) is 2. The minimum absolute atomic E-state index is 0.149. The van der Waals surface area contributed by atoms with Crippen molar-refractivity contribution in [3.8, 4) is 0 Å². The molecule has 16 heavy (non-hydrogen) atoms. The monoisotopic (exact) mass is 228 g/mol. The van der Waals surface area contributed by atoms with Crippen LogP contribution in [0.1, 0.15) is 26.2 Å². The van der Waals surface area contributed by atoms with Crippen molar-refractivity contribution in [2.24, 2.45) is 0 Å². The van der Waals surface area contributed by atoms with Crippen LogP contribution in [0.4, 0.5) is 0 Å². The zero-order chi connectivity index (χ0) is 12.4. The van der Waals surface area contributed by atoms with E-state index in [0.29, 0.717) is 12.8 Å². The fourth-order valence-corrected chi connectivity index (χ4v) is 0.826. The molecule has 0 unspecified atom stereocenters. The Balaban J connectivity index is 3.40. The van der Waals surface area contributed by atoms with Crippen LogP contribution in [0, 0.1) is 0 Å². The number of rotatable bonds is 8. The lowest BCUT2D eigenvalue weighted by atomic mass is 10.3. The van der Waals surface area contributed by atoms with E-state index in [1.54, 1.807) is 6.92 Å². The van der Waals surface area contributed by atoms with Gasteiger partial charge >= 0.3 is 11.9 Å². The molecule has 0 aliphatic heterocycles. The lowest BCUT2D eigenvalue weighted by molar-refractivity contribution is -0.154. The van der Waals surface area contributed by atoms with Gasteiger partial charge in [0.15, 0.2) is 0 Å². The number of hydrogen-bond acceptors (Lipinski definition) is 5. The summed E-state index contributed by atoms with van der Waals surface area (Å²) in [6.45, 7) is 5.26. The van der Waals surface area contributed by atoms with Crippen molar-refractivity contribution in [2.45, 2.75) is 26.2 Å². The fraction of sp³-hybridized carbons (Fsp3) is 0.545. The first kappa shape index (κ1) is 14.3. The number of hydrogen-bond donors (Lipinski definition) is 0. The maximum absolute atomic E-state index is 10.9. The van der Waals surface area contributed by atoms with Crippen LogP contribution >= 0.6 is 0 Å². The third-order valence-electron chi connectivity index (χ3n) is 1.73. The SMILES string of the molecule is C=CC(=O)OCCCCOC(=O)C(=O)CC. The molecule has 0 spiro atoms. The number of Topliss-reactive ketones (excluding diaryl/α,β-unsaturated/α-hetero) is 1. The second-order valence-electron chi connectivity index (χ2n) is 2.99.